The van der Waals surface area contributed by atoms with Crippen LogP contribution in [-0.4, -0.2) is 76.9 Å². The molecular formula is C28H37N7O2. The lowest BCUT2D eigenvalue weighted by Gasteiger charge is -2.43. The molecule has 2 saturated heterocycles. The summed E-state index contributed by atoms with van der Waals surface area (Å²) in [6.45, 7) is 9.84. The molecule has 0 aromatic carbocycles. The Morgan fingerprint density at radius 2 is 1.76 bits per heavy atom. The predicted molar refractivity (Wildman–Crippen MR) is 143 cm³/mol. The molecule has 2 N–H and O–H groups in total. The summed E-state index contributed by atoms with van der Waals surface area (Å²) in [6.07, 6.45) is 6.19. The number of hydrogen-bond acceptors (Lipinski definition) is 8. The number of imide groups is 1. The first-order valence-electron chi connectivity index (χ1n) is 13.8. The molecule has 9 heteroatoms. The zero-order valence-electron chi connectivity index (χ0n) is 21.8. The Bertz CT molecular complexity index is 1150. The van der Waals surface area contributed by atoms with E-state index in [1.165, 1.54) is 11.8 Å². The second kappa shape index (κ2) is 10.0. The predicted octanol–water partition coefficient (Wildman–Crippen LogP) is 3.04. The first kappa shape index (κ1) is 24.3. The maximum Gasteiger partial charge on any atom is 0.239 e. The molecule has 1 aliphatic carbocycles. The van der Waals surface area contributed by atoms with Crippen molar-refractivity contribution < 1.29 is 9.59 Å². The molecule has 0 bridgehead atoms. The fourth-order valence-electron chi connectivity index (χ4n) is 6.55. The Balaban J connectivity index is 1.18. The van der Waals surface area contributed by atoms with Crippen LogP contribution in [-0.2, 0) is 9.59 Å². The number of nitrogens with zero attached hydrogens (tertiary/aromatic N) is 5. The van der Waals surface area contributed by atoms with E-state index in [4.69, 9.17) is 4.98 Å². The molecule has 9 nitrogen and oxygen atoms in total. The van der Waals surface area contributed by atoms with Gasteiger partial charge in [0, 0.05) is 52.2 Å². The first-order valence-corrected chi connectivity index (χ1v) is 13.8. The molecule has 3 fully saturated rings. The number of aromatic nitrogens is 2. The largest absolute Gasteiger partial charge is 0.368 e. The lowest BCUT2D eigenvalue weighted by atomic mass is 9.80. The highest BCUT2D eigenvalue weighted by Gasteiger charge is 2.44. The zero-order chi connectivity index (χ0) is 25.5. The Morgan fingerprint density at radius 3 is 2.38 bits per heavy atom. The molecule has 2 aromatic rings. The summed E-state index contributed by atoms with van der Waals surface area (Å²) in [5, 5.41) is 6.71. The summed E-state index contributed by atoms with van der Waals surface area (Å²) < 4.78 is 0. The lowest BCUT2D eigenvalue weighted by molar-refractivity contribution is -0.149. The average Bonchev–Trinajstić information content (AvgIpc) is 3.38. The van der Waals surface area contributed by atoms with E-state index in [1.807, 2.05) is 31.3 Å². The van der Waals surface area contributed by atoms with Crippen molar-refractivity contribution in [3.63, 3.8) is 0 Å². The minimum absolute atomic E-state index is 0.0970. The van der Waals surface area contributed by atoms with E-state index in [2.05, 4.69) is 31.5 Å². The number of amides is 2. The van der Waals surface area contributed by atoms with Gasteiger partial charge in [0.1, 0.15) is 11.6 Å². The van der Waals surface area contributed by atoms with E-state index >= 15 is 0 Å². The van der Waals surface area contributed by atoms with Gasteiger partial charge in [0.2, 0.25) is 11.8 Å². The molecule has 2 atom stereocenters. The van der Waals surface area contributed by atoms with Gasteiger partial charge in [-0.1, -0.05) is 18.9 Å². The molecule has 4 aliphatic rings. The van der Waals surface area contributed by atoms with Crippen LogP contribution in [0.5, 0.6) is 0 Å². The molecular weight excluding hydrogens is 466 g/mol. The highest BCUT2D eigenvalue weighted by Crippen LogP contribution is 2.45. The Labute approximate surface area is 218 Å². The molecule has 1 saturated carbocycles. The standard InChI is InChI=1S/C28H37N7O2/c1-18-23-8-10-25(32-27(23)26(20-5-3-4-6-20)28(37)35(18)19(2)36)31-24-9-7-21(17-30-24)33-11-13-34(14-12-33)22-15-29-16-22/h7-10,17-18,20,22,26,29H,3-6,11-16H2,1-2H3,(H,30,31,32). The van der Waals surface area contributed by atoms with Gasteiger partial charge < -0.3 is 15.5 Å². The minimum atomic E-state index is -0.357. The summed E-state index contributed by atoms with van der Waals surface area (Å²) in [4.78, 5) is 41.9. The van der Waals surface area contributed by atoms with Crippen molar-refractivity contribution in [2.24, 2.45) is 5.92 Å². The highest BCUT2D eigenvalue weighted by molar-refractivity contribution is 5.99. The van der Waals surface area contributed by atoms with Crippen LogP contribution in [0.15, 0.2) is 30.5 Å². The second-order valence-corrected chi connectivity index (χ2v) is 11.0. The van der Waals surface area contributed by atoms with Crippen LogP contribution in [0.4, 0.5) is 17.3 Å². The third-order valence-corrected chi connectivity index (χ3v) is 8.76. The summed E-state index contributed by atoms with van der Waals surface area (Å²) in [7, 11) is 0. The van der Waals surface area contributed by atoms with Gasteiger partial charge in [-0.3, -0.25) is 19.4 Å². The van der Waals surface area contributed by atoms with Crippen molar-refractivity contribution in [2.75, 3.05) is 49.5 Å². The molecule has 0 radical (unpaired) electrons. The summed E-state index contributed by atoms with van der Waals surface area (Å²) in [5.41, 5.74) is 2.93. The number of pyridine rings is 2. The Hall–Kier alpha value is -3.04. The SMILES string of the molecule is CC(=O)N1C(=O)C(C2CCCC2)c2nc(Nc3ccc(N4CCN(C5CNC5)CC4)cn3)ccc2C1C. The van der Waals surface area contributed by atoms with Crippen LogP contribution in [0, 0.1) is 5.92 Å². The molecule has 2 aromatic heterocycles. The highest BCUT2D eigenvalue weighted by atomic mass is 16.2. The van der Waals surface area contributed by atoms with Crippen molar-refractivity contribution in [3.8, 4) is 0 Å². The molecule has 2 amide bonds. The molecule has 196 valence electrons. The molecule has 37 heavy (non-hydrogen) atoms. The van der Waals surface area contributed by atoms with Crippen LogP contribution in [0.2, 0.25) is 0 Å². The number of rotatable bonds is 5. The molecule has 5 heterocycles. The van der Waals surface area contributed by atoms with Crippen molar-refractivity contribution in [3.05, 3.63) is 41.7 Å². The summed E-state index contributed by atoms with van der Waals surface area (Å²) >= 11 is 0. The van der Waals surface area contributed by atoms with E-state index in [0.717, 1.165) is 87.7 Å². The number of piperazine rings is 1. The number of carbonyl (C=O) groups is 2. The van der Waals surface area contributed by atoms with E-state index < -0.39 is 0 Å². The van der Waals surface area contributed by atoms with Crippen LogP contribution >= 0.6 is 0 Å². The van der Waals surface area contributed by atoms with Crippen molar-refractivity contribution in [1.82, 2.24) is 25.1 Å². The molecule has 3 aliphatic heterocycles. The van der Waals surface area contributed by atoms with Crippen LogP contribution < -0.4 is 15.5 Å². The zero-order valence-corrected chi connectivity index (χ0v) is 21.8. The minimum Gasteiger partial charge on any atom is -0.368 e. The van der Waals surface area contributed by atoms with E-state index in [0.29, 0.717) is 11.9 Å². The van der Waals surface area contributed by atoms with Crippen LogP contribution in [0.1, 0.15) is 62.7 Å². The maximum absolute atomic E-state index is 13.5. The van der Waals surface area contributed by atoms with Gasteiger partial charge in [-0.2, -0.15) is 0 Å². The van der Waals surface area contributed by atoms with E-state index in [9.17, 15) is 9.59 Å². The van der Waals surface area contributed by atoms with Gasteiger partial charge in [-0.25, -0.2) is 9.97 Å². The monoisotopic (exact) mass is 503 g/mol. The molecule has 2 unspecified atom stereocenters. The summed E-state index contributed by atoms with van der Waals surface area (Å²) in [5.74, 6) is 1.000. The lowest BCUT2D eigenvalue weighted by Crippen LogP contribution is -2.61. The maximum atomic E-state index is 13.5. The second-order valence-electron chi connectivity index (χ2n) is 11.0. The normalized spacial score (nSPS) is 25.2. The quantitative estimate of drug-likeness (QED) is 0.643. The number of nitrogens with one attached hydrogen (secondary N) is 2. The average molecular weight is 504 g/mol. The van der Waals surface area contributed by atoms with Crippen molar-refractivity contribution in [1.29, 1.82) is 0 Å². The van der Waals surface area contributed by atoms with Crippen LogP contribution in [0.3, 0.4) is 0 Å². The smallest absolute Gasteiger partial charge is 0.239 e. The molecule has 0 spiro atoms. The van der Waals surface area contributed by atoms with Gasteiger partial charge in [0.15, 0.2) is 0 Å². The Morgan fingerprint density at radius 1 is 1.03 bits per heavy atom. The van der Waals surface area contributed by atoms with Gasteiger partial charge in [-0.05, 0) is 49.4 Å². The Kier molecular flexibility index (Phi) is 6.58. The number of fused-ring (bicyclic) bond motifs is 1. The van der Waals surface area contributed by atoms with Gasteiger partial charge in [0.05, 0.1) is 29.5 Å². The topological polar surface area (TPSA) is 93.7 Å². The van der Waals surface area contributed by atoms with E-state index in [-0.39, 0.29) is 29.7 Å². The third-order valence-electron chi connectivity index (χ3n) is 8.76. The third kappa shape index (κ3) is 4.59. The first-order chi connectivity index (χ1) is 18.0. The number of hydrogen-bond donors (Lipinski definition) is 2. The van der Waals surface area contributed by atoms with Gasteiger partial charge in [-0.15, -0.1) is 0 Å². The number of anilines is 3. The van der Waals surface area contributed by atoms with Crippen molar-refractivity contribution >= 4 is 29.1 Å². The molecule has 6 rings (SSSR count). The fraction of sp³-hybridized carbons (Fsp3) is 0.571. The van der Waals surface area contributed by atoms with Crippen LogP contribution in [0.25, 0.3) is 0 Å². The number of carbonyl (C=O) groups excluding carboxylic acids is 2. The fourth-order valence-corrected chi connectivity index (χ4v) is 6.55. The van der Waals surface area contributed by atoms with E-state index in [1.54, 1.807) is 0 Å². The summed E-state index contributed by atoms with van der Waals surface area (Å²) in [6, 6.07) is 8.46. The van der Waals surface area contributed by atoms with Gasteiger partial charge in [0.25, 0.3) is 0 Å². The van der Waals surface area contributed by atoms with Gasteiger partial charge >= 0.3 is 0 Å². The van der Waals surface area contributed by atoms with Crippen molar-refractivity contribution in [2.45, 2.75) is 57.5 Å².